The molecular weight excluding hydrogens is 438 g/mol. The molecule has 5 nitrogen and oxygen atoms in total. The molecule has 4 aromatic rings. The summed E-state index contributed by atoms with van der Waals surface area (Å²) in [6.45, 7) is 5.53. The average molecular weight is 460 g/mol. The number of carboxylic acids is 1. The number of aromatic carboxylic acids is 1. The van der Waals surface area contributed by atoms with E-state index in [9.17, 15) is 29.1 Å². The van der Waals surface area contributed by atoms with Gasteiger partial charge < -0.3 is 14.8 Å². The van der Waals surface area contributed by atoms with Gasteiger partial charge in [0.05, 0.1) is 17.1 Å². The zero-order valence-electron chi connectivity index (χ0n) is 18.9. The topological polar surface area (TPSA) is 86.2 Å². The molecule has 1 heterocycles. The van der Waals surface area contributed by atoms with Crippen molar-refractivity contribution in [1.29, 1.82) is 5.26 Å². The minimum Gasteiger partial charge on any atom is -0.507 e. The summed E-state index contributed by atoms with van der Waals surface area (Å²) in [5.41, 5.74) is 2.80. The number of benzene rings is 3. The van der Waals surface area contributed by atoms with E-state index >= 15 is 0 Å². The lowest BCUT2D eigenvalue weighted by Crippen LogP contribution is -2.22. The van der Waals surface area contributed by atoms with E-state index in [1.807, 2.05) is 26.8 Å². The average Bonchev–Trinajstić information content (AvgIpc) is 3.12. The molecule has 172 valence electrons. The Morgan fingerprint density at radius 2 is 1.74 bits per heavy atom. The molecule has 0 radical (unpaired) electrons. The highest BCUT2D eigenvalue weighted by Gasteiger charge is 2.33. The van der Waals surface area contributed by atoms with Crippen molar-refractivity contribution in [1.82, 2.24) is 4.57 Å². The summed E-state index contributed by atoms with van der Waals surface area (Å²) in [6, 6.07) is 15.4. The fraction of sp³-hybridized carbons (Fsp3) is 0.185. The first-order chi connectivity index (χ1) is 16.0. The number of aromatic nitrogens is 1. The molecule has 0 saturated heterocycles. The molecule has 0 amide bonds. The highest BCUT2D eigenvalue weighted by atomic mass is 19.2. The van der Waals surface area contributed by atoms with Crippen molar-refractivity contribution >= 4 is 16.9 Å². The molecule has 0 fully saturated rings. The van der Waals surface area contributed by atoms with Crippen LogP contribution in [0.25, 0.3) is 27.7 Å². The maximum atomic E-state index is 14.3. The molecule has 4 rings (SSSR count). The zero-order chi connectivity index (χ0) is 24.8. The number of nitrogens with zero attached hydrogens (tertiary/aromatic N) is 2. The van der Waals surface area contributed by atoms with Gasteiger partial charge in [0.15, 0.2) is 11.6 Å². The van der Waals surface area contributed by atoms with Crippen LogP contribution in [0.3, 0.4) is 0 Å². The second kappa shape index (κ2) is 8.31. The second-order valence-electron chi connectivity index (χ2n) is 8.94. The van der Waals surface area contributed by atoms with Gasteiger partial charge in [-0.05, 0) is 54.4 Å². The van der Waals surface area contributed by atoms with E-state index in [4.69, 9.17) is 0 Å². The Kier molecular flexibility index (Phi) is 5.62. The van der Waals surface area contributed by atoms with Crippen molar-refractivity contribution in [3.8, 4) is 28.6 Å². The molecule has 0 saturated carbocycles. The molecule has 0 aliphatic carbocycles. The summed E-state index contributed by atoms with van der Waals surface area (Å²) in [7, 11) is 0. The monoisotopic (exact) mass is 460 g/mol. The maximum Gasteiger partial charge on any atom is 0.335 e. The number of phenols is 1. The van der Waals surface area contributed by atoms with Gasteiger partial charge >= 0.3 is 5.97 Å². The van der Waals surface area contributed by atoms with Crippen LogP contribution in [-0.2, 0) is 5.41 Å². The van der Waals surface area contributed by atoms with Gasteiger partial charge in [-0.1, -0.05) is 26.0 Å². The predicted molar refractivity (Wildman–Crippen MR) is 125 cm³/mol. The highest BCUT2D eigenvalue weighted by Crippen LogP contribution is 2.47. The van der Waals surface area contributed by atoms with E-state index in [0.29, 0.717) is 33.4 Å². The van der Waals surface area contributed by atoms with Crippen molar-refractivity contribution in [2.24, 2.45) is 0 Å². The number of hydrogen-bond donors (Lipinski definition) is 2. The highest BCUT2D eigenvalue weighted by molar-refractivity contribution is 6.04. The van der Waals surface area contributed by atoms with Crippen LogP contribution in [-0.4, -0.2) is 20.7 Å². The van der Waals surface area contributed by atoms with Crippen LogP contribution >= 0.6 is 0 Å². The van der Waals surface area contributed by atoms with Crippen molar-refractivity contribution in [3.05, 3.63) is 83.1 Å². The van der Waals surface area contributed by atoms with E-state index in [1.165, 1.54) is 18.2 Å². The Balaban J connectivity index is 2.21. The van der Waals surface area contributed by atoms with Crippen LogP contribution in [0, 0.1) is 29.9 Å². The fourth-order valence-corrected chi connectivity index (χ4v) is 4.41. The number of phenolic OH excluding ortho intramolecular Hbond substituents is 1. The third-order valence-corrected chi connectivity index (χ3v) is 5.94. The van der Waals surface area contributed by atoms with Gasteiger partial charge in [-0.25, -0.2) is 13.6 Å². The van der Waals surface area contributed by atoms with Crippen molar-refractivity contribution in [3.63, 3.8) is 0 Å². The molecule has 0 aliphatic heterocycles. The second-order valence-corrected chi connectivity index (χ2v) is 8.94. The summed E-state index contributed by atoms with van der Waals surface area (Å²) >= 11 is 0. The number of nitriles is 1. The molecule has 0 atom stereocenters. The number of fused-ring (bicyclic) bond motifs is 1. The van der Waals surface area contributed by atoms with Gasteiger partial charge in [0.1, 0.15) is 5.75 Å². The van der Waals surface area contributed by atoms with Crippen LogP contribution in [0.2, 0.25) is 0 Å². The number of carboxylic acid groups (broad SMARTS) is 1. The first-order valence-electron chi connectivity index (χ1n) is 10.6. The minimum atomic E-state index is -1.07. The molecule has 34 heavy (non-hydrogen) atoms. The first-order valence-corrected chi connectivity index (χ1v) is 10.6. The third-order valence-electron chi connectivity index (χ3n) is 5.94. The number of aryl methyl sites for hydroxylation is 1. The summed E-state index contributed by atoms with van der Waals surface area (Å²) in [4.78, 5) is 11.4. The lowest BCUT2D eigenvalue weighted by molar-refractivity contribution is 0.0697. The molecule has 0 unspecified atom stereocenters. The van der Waals surface area contributed by atoms with Crippen molar-refractivity contribution < 1.29 is 23.8 Å². The Morgan fingerprint density at radius 1 is 1.06 bits per heavy atom. The number of hydrogen-bond acceptors (Lipinski definition) is 3. The van der Waals surface area contributed by atoms with Crippen LogP contribution in [0.1, 0.15) is 41.9 Å². The van der Waals surface area contributed by atoms with Crippen LogP contribution < -0.4 is 0 Å². The number of rotatable bonds is 5. The lowest BCUT2D eigenvalue weighted by atomic mass is 9.81. The molecule has 3 aromatic carbocycles. The van der Waals surface area contributed by atoms with Crippen LogP contribution in [0.15, 0.2) is 54.6 Å². The lowest BCUT2D eigenvalue weighted by Gasteiger charge is -2.26. The SMILES string of the molecule is Cc1cc(O)c2c(-c3ccc(C(=O)O)cc3)c(C(C)(C)CC#N)n(-c3ccc(F)c(F)c3)c2c1. The van der Waals surface area contributed by atoms with Gasteiger partial charge in [-0.2, -0.15) is 5.26 Å². The van der Waals surface area contributed by atoms with E-state index < -0.39 is 23.0 Å². The van der Waals surface area contributed by atoms with E-state index in [2.05, 4.69) is 6.07 Å². The third kappa shape index (κ3) is 3.77. The summed E-state index contributed by atoms with van der Waals surface area (Å²) in [6.07, 6.45) is 0.104. The Morgan fingerprint density at radius 3 is 2.32 bits per heavy atom. The van der Waals surface area contributed by atoms with Gasteiger partial charge in [0.2, 0.25) is 0 Å². The molecule has 1 aromatic heterocycles. The van der Waals surface area contributed by atoms with E-state index in [-0.39, 0.29) is 17.7 Å². The zero-order valence-corrected chi connectivity index (χ0v) is 18.9. The summed E-state index contributed by atoms with van der Waals surface area (Å²) < 4.78 is 29.8. The summed E-state index contributed by atoms with van der Waals surface area (Å²) in [5.74, 6) is -3.09. The molecule has 0 spiro atoms. The molecular formula is C27H22F2N2O3. The predicted octanol–water partition coefficient (Wildman–Crippen LogP) is 6.48. The quantitative estimate of drug-likeness (QED) is 0.357. The fourth-order valence-electron chi connectivity index (χ4n) is 4.41. The largest absolute Gasteiger partial charge is 0.507 e. The molecule has 7 heteroatoms. The number of aromatic hydroxyl groups is 1. The standard InChI is InChI=1S/C27H22F2N2O3/c1-15-12-21-24(22(32)13-15)23(16-4-6-17(7-5-16)26(33)34)25(27(2,3)10-11-30)31(21)18-8-9-19(28)20(29)14-18/h4-9,12-14,32H,10H2,1-3H3,(H,33,34). The molecule has 0 bridgehead atoms. The van der Waals surface area contributed by atoms with Gasteiger partial charge in [0, 0.05) is 40.2 Å². The number of carbonyl (C=O) groups is 1. The Bertz CT molecular complexity index is 1480. The first kappa shape index (κ1) is 23.0. The van der Waals surface area contributed by atoms with Gasteiger partial charge in [0.25, 0.3) is 0 Å². The van der Waals surface area contributed by atoms with Crippen LogP contribution in [0.5, 0.6) is 5.75 Å². The Hall–Kier alpha value is -4.18. The van der Waals surface area contributed by atoms with E-state index in [0.717, 1.165) is 17.7 Å². The van der Waals surface area contributed by atoms with E-state index in [1.54, 1.807) is 22.8 Å². The van der Waals surface area contributed by atoms with Crippen molar-refractivity contribution in [2.75, 3.05) is 0 Å². The molecule has 2 N–H and O–H groups in total. The smallest absolute Gasteiger partial charge is 0.335 e. The molecule has 0 aliphatic rings. The normalized spacial score (nSPS) is 11.5. The van der Waals surface area contributed by atoms with Gasteiger partial charge in [-0.3, -0.25) is 0 Å². The summed E-state index contributed by atoms with van der Waals surface area (Å²) in [5, 5.41) is 30.3. The van der Waals surface area contributed by atoms with Crippen LogP contribution in [0.4, 0.5) is 8.78 Å². The van der Waals surface area contributed by atoms with Gasteiger partial charge in [-0.15, -0.1) is 0 Å². The Labute approximate surface area is 195 Å². The maximum absolute atomic E-state index is 14.3. The minimum absolute atomic E-state index is 0.0114. The van der Waals surface area contributed by atoms with Crippen molar-refractivity contribution in [2.45, 2.75) is 32.6 Å². The number of halogens is 2.